The van der Waals surface area contributed by atoms with Crippen molar-refractivity contribution in [2.75, 3.05) is 5.43 Å². The number of amidine groups is 1. The van der Waals surface area contributed by atoms with Gasteiger partial charge < -0.3 is 5.73 Å². The Morgan fingerprint density at radius 1 is 1.53 bits per heavy atom. The monoisotopic (exact) mass is 227 g/mol. The number of allylic oxidation sites excluding steroid dienone is 1. The van der Waals surface area contributed by atoms with Crippen LogP contribution in [0.5, 0.6) is 0 Å². The highest BCUT2D eigenvalue weighted by Gasteiger charge is 2.03. The number of nitriles is 1. The molecule has 0 saturated heterocycles. The first-order valence-corrected chi connectivity index (χ1v) is 4.89. The van der Waals surface area contributed by atoms with Crippen LogP contribution < -0.4 is 11.2 Å². The lowest BCUT2D eigenvalue weighted by atomic mass is 10.1. The molecule has 86 valence electrons. The Labute approximate surface area is 99.8 Å². The van der Waals surface area contributed by atoms with Crippen LogP contribution in [0.1, 0.15) is 12.5 Å². The van der Waals surface area contributed by atoms with E-state index in [1.54, 1.807) is 6.07 Å². The third-order valence-corrected chi connectivity index (χ3v) is 2.04. The maximum absolute atomic E-state index is 8.69. The maximum atomic E-state index is 8.69. The second-order valence-electron chi connectivity index (χ2n) is 3.42. The number of rotatable bonds is 4. The van der Waals surface area contributed by atoms with Crippen molar-refractivity contribution in [3.05, 3.63) is 36.4 Å². The molecule has 5 heteroatoms. The second kappa shape index (κ2) is 5.47. The zero-order chi connectivity index (χ0) is 12.8. The normalized spacial score (nSPS) is 10.5. The van der Waals surface area contributed by atoms with E-state index in [4.69, 9.17) is 16.4 Å². The van der Waals surface area contributed by atoms with E-state index in [1.807, 2.05) is 31.2 Å². The number of nitrogens with zero attached hydrogens (tertiary/aromatic N) is 2. The fraction of sp³-hybridized carbons (Fsp3) is 0.0833. The molecule has 0 atom stereocenters. The van der Waals surface area contributed by atoms with Gasteiger partial charge in [0, 0.05) is 5.56 Å². The third-order valence-electron chi connectivity index (χ3n) is 2.04. The van der Waals surface area contributed by atoms with Crippen LogP contribution in [0.2, 0.25) is 0 Å². The molecule has 0 radical (unpaired) electrons. The predicted molar refractivity (Wildman–Crippen MR) is 69.7 cm³/mol. The van der Waals surface area contributed by atoms with Crippen molar-refractivity contribution < 1.29 is 0 Å². The highest BCUT2D eigenvalue weighted by Crippen LogP contribution is 2.21. The molecule has 0 aliphatic carbocycles. The summed E-state index contributed by atoms with van der Waals surface area (Å²) in [7, 11) is 0. The van der Waals surface area contributed by atoms with Crippen molar-refractivity contribution in [1.29, 1.82) is 10.7 Å². The molecule has 0 spiro atoms. The van der Waals surface area contributed by atoms with Gasteiger partial charge >= 0.3 is 0 Å². The van der Waals surface area contributed by atoms with Crippen LogP contribution in [0, 0.1) is 16.7 Å². The maximum Gasteiger partial charge on any atom is 0.201 e. The minimum Gasteiger partial charge on any atom is -0.382 e. The molecule has 0 aliphatic heterocycles. The first kappa shape index (κ1) is 12.5. The van der Waals surface area contributed by atoms with Crippen molar-refractivity contribution in [1.82, 2.24) is 0 Å². The van der Waals surface area contributed by atoms with Gasteiger partial charge in [0.05, 0.1) is 5.69 Å². The lowest BCUT2D eigenvalue weighted by molar-refractivity contribution is 1.32. The van der Waals surface area contributed by atoms with Crippen molar-refractivity contribution in [3.63, 3.8) is 0 Å². The Morgan fingerprint density at radius 2 is 2.18 bits per heavy atom. The Kier molecular flexibility index (Phi) is 4.01. The van der Waals surface area contributed by atoms with E-state index in [9.17, 15) is 0 Å². The van der Waals surface area contributed by atoms with Crippen LogP contribution in [0.4, 0.5) is 5.69 Å². The first-order valence-electron chi connectivity index (χ1n) is 4.89. The zero-order valence-corrected chi connectivity index (χ0v) is 9.49. The van der Waals surface area contributed by atoms with E-state index < -0.39 is 0 Å². The van der Waals surface area contributed by atoms with Crippen LogP contribution >= 0.6 is 0 Å². The highest BCUT2D eigenvalue weighted by atomic mass is 15.3. The van der Waals surface area contributed by atoms with Crippen LogP contribution in [0.15, 0.2) is 35.9 Å². The van der Waals surface area contributed by atoms with Gasteiger partial charge in [0.1, 0.15) is 6.07 Å². The van der Waals surface area contributed by atoms with Gasteiger partial charge in [0.2, 0.25) is 5.71 Å². The standard InChI is InChI=1S/C12H13N5/c1-8(2)9-5-3-4-6-10(9)16-17-11(7-13)12(14)15/h3-6,16H,1H2,2H3,(H3,14,15)/b17-11+. The summed E-state index contributed by atoms with van der Waals surface area (Å²) in [6.07, 6.45) is 0. The molecular weight excluding hydrogens is 214 g/mol. The molecule has 4 N–H and O–H groups in total. The summed E-state index contributed by atoms with van der Waals surface area (Å²) in [5.41, 5.74) is 10.2. The lowest BCUT2D eigenvalue weighted by Crippen LogP contribution is -2.21. The molecule has 17 heavy (non-hydrogen) atoms. The van der Waals surface area contributed by atoms with E-state index >= 15 is 0 Å². The Balaban J connectivity index is 3.01. The number of benzene rings is 1. The molecule has 1 rings (SSSR count). The van der Waals surface area contributed by atoms with Crippen molar-refractivity contribution in [3.8, 4) is 6.07 Å². The third kappa shape index (κ3) is 3.18. The molecule has 1 aromatic carbocycles. The predicted octanol–water partition coefficient (Wildman–Crippen LogP) is 1.95. The summed E-state index contributed by atoms with van der Waals surface area (Å²) >= 11 is 0. The summed E-state index contributed by atoms with van der Waals surface area (Å²) < 4.78 is 0. The number of hydrogen-bond acceptors (Lipinski definition) is 4. The van der Waals surface area contributed by atoms with Crippen molar-refractivity contribution >= 4 is 22.8 Å². The number of hydrazone groups is 1. The molecule has 0 heterocycles. The summed E-state index contributed by atoms with van der Waals surface area (Å²) in [6, 6.07) is 9.15. The summed E-state index contributed by atoms with van der Waals surface area (Å²) in [6.45, 7) is 5.72. The summed E-state index contributed by atoms with van der Waals surface area (Å²) in [5, 5.41) is 19.6. The largest absolute Gasteiger partial charge is 0.382 e. The number of nitrogens with one attached hydrogen (secondary N) is 2. The van der Waals surface area contributed by atoms with E-state index in [0.29, 0.717) is 5.69 Å². The Bertz CT molecular complexity index is 522. The second-order valence-corrected chi connectivity index (χ2v) is 3.42. The van der Waals surface area contributed by atoms with Gasteiger partial charge in [-0.25, -0.2) is 0 Å². The molecule has 0 fully saturated rings. The zero-order valence-electron chi connectivity index (χ0n) is 9.49. The van der Waals surface area contributed by atoms with Gasteiger partial charge in [-0.15, -0.1) is 0 Å². The SMILES string of the molecule is C=C(C)c1ccccc1N/N=C(\C#N)C(=N)N. The first-order chi connectivity index (χ1) is 8.06. The number of anilines is 1. The van der Waals surface area contributed by atoms with E-state index in [2.05, 4.69) is 17.1 Å². The average Bonchev–Trinajstić information content (AvgIpc) is 2.29. The summed E-state index contributed by atoms with van der Waals surface area (Å²) in [4.78, 5) is 0. The van der Waals surface area contributed by atoms with E-state index in [0.717, 1.165) is 11.1 Å². The molecule has 0 saturated carbocycles. The molecule has 5 nitrogen and oxygen atoms in total. The van der Waals surface area contributed by atoms with Crippen molar-refractivity contribution in [2.45, 2.75) is 6.92 Å². The molecule has 0 amide bonds. The highest BCUT2D eigenvalue weighted by molar-refractivity contribution is 6.45. The Morgan fingerprint density at radius 3 is 2.71 bits per heavy atom. The lowest BCUT2D eigenvalue weighted by Gasteiger charge is -2.08. The summed E-state index contributed by atoms with van der Waals surface area (Å²) in [5.74, 6) is -0.368. The molecule has 0 aliphatic rings. The van der Waals surface area contributed by atoms with Gasteiger partial charge in [-0.3, -0.25) is 10.8 Å². The number of para-hydroxylation sites is 1. The smallest absolute Gasteiger partial charge is 0.201 e. The minimum absolute atomic E-state index is 0.151. The van der Waals surface area contributed by atoms with Crippen LogP contribution in [-0.2, 0) is 0 Å². The molecular formula is C12H13N5. The fourth-order valence-electron chi connectivity index (χ4n) is 1.21. The van der Waals surface area contributed by atoms with Gasteiger partial charge in [0.25, 0.3) is 0 Å². The van der Waals surface area contributed by atoms with Crippen LogP contribution in [0.3, 0.4) is 0 Å². The fourth-order valence-corrected chi connectivity index (χ4v) is 1.21. The number of nitrogens with two attached hydrogens (primary N) is 1. The minimum atomic E-state index is -0.368. The number of hydrogen-bond donors (Lipinski definition) is 3. The van der Waals surface area contributed by atoms with Gasteiger partial charge in [-0.2, -0.15) is 10.4 Å². The van der Waals surface area contributed by atoms with Crippen LogP contribution in [-0.4, -0.2) is 11.5 Å². The van der Waals surface area contributed by atoms with E-state index in [1.165, 1.54) is 0 Å². The van der Waals surface area contributed by atoms with Gasteiger partial charge in [0.15, 0.2) is 5.84 Å². The molecule has 0 unspecified atom stereocenters. The van der Waals surface area contributed by atoms with Crippen LogP contribution in [0.25, 0.3) is 5.57 Å². The van der Waals surface area contributed by atoms with Gasteiger partial charge in [-0.05, 0) is 18.6 Å². The van der Waals surface area contributed by atoms with Gasteiger partial charge in [-0.1, -0.05) is 24.8 Å². The quantitative estimate of drug-likeness (QED) is 0.416. The topological polar surface area (TPSA) is 98.0 Å². The average molecular weight is 227 g/mol. The van der Waals surface area contributed by atoms with Crippen molar-refractivity contribution in [2.24, 2.45) is 10.8 Å². The molecule has 1 aromatic rings. The Hall–Kier alpha value is -2.61. The van der Waals surface area contributed by atoms with E-state index in [-0.39, 0.29) is 11.5 Å². The molecule has 0 bridgehead atoms. The molecule has 0 aromatic heterocycles.